The summed E-state index contributed by atoms with van der Waals surface area (Å²) in [5, 5.41) is 3.36. The Morgan fingerprint density at radius 1 is 1.08 bits per heavy atom. The van der Waals surface area contributed by atoms with E-state index < -0.39 is 0 Å². The van der Waals surface area contributed by atoms with E-state index in [9.17, 15) is 4.79 Å². The molecule has 0 spiro atoms. The summed E-state index contributed by atoms with van der Waals surface area (Å²) in [5.74, 6) is 1.90. The van der Waals surface area contributed by atoms with Crippen LogP contribution in [0.2, 0.25) is 0 Å². The molecular formula is C19H29N3O3. The second-order valence-corrected chi connectivity index (χ2v) is 6.82. The Morgan fingerprint density at radius 2 is 1.76 bits per heavy atom. The lowest BCUT2D eigenvalue weighted by molar-refractivity contribution is -0.135. The van der Waals surface area contributed by atoms with Crippen LogP contribution >= 0.6 is 0 Å². The third-order valence-electron chi connectivity index (χ3n) is 5.11. The zero-order valence-electron chi connectivity index (χ0n) is 15.3. The molecule has 138 valence electrons. The average Bonchev–Trinajstić information content (AvgIpc) is 2.68. The van der Waals surface area contributed by atoms with Crippen molar-refractivity contribution in [3.8, 4) is 11.5 Å². The van der Waals surface area contributed by atoms with E-state index in [2.05, 4.69) is 10.2 Å². The van der Waals surface area contributed by atoms with E-state index in [4.69, 9.17) is 9.47 Å². The lowest BCUT2D eigenvalue weighted by Crippen LogP contribution is -2.54. The molecule has 1 N–H and O–H groups in total. The molecular weight excluding hydrogens is 318 g/mol. The predicted octanol–water partition coefficient (Wildman–Crippen LogP) is 1.49. The maximum absolute atomic E-state index is 12.6. The molecule has 1 atom stereocenters. The highest BCUT2D eigenvalue weighted by Gasteiger charge is 2.28. The molecule has 1 aromatic carbocycles. The van der Waals surface area contributed by atoms with Gasteiger partial charge in [-0.15, -0.1) is 0 Å². The molecule has 0 saturated carbocycles. The molecule has 25 heavy (non-hydrogen) atoms. The maximum Gasteiger partial charge on any atom is 0.239 e. The molecule has 2 fully saturated rings. The summed E-state index contributed by atoms with van der Waals surface area (Å²) in [7, 11) is 3.34. The standard InChI is InChI=1S/C19H29N3O3/c1-24-16-11-15(12-17(13-16)25-2)14-21-7-9-22(10-8-21)19(23)18-5-3-4-6-20-18/h11-13,18,20H,3-10,14H2,1-2H3/t18-/m1/s1. The molecule has 2 aliphatic heterocycles. The van der Waals surface area contributed by atoms with Crippen LogP contribution in [0, 0.1) is 0 Å². The van der Waals surface area contributed by atoms with Gasteiger partial charge in [-0.1, -0.05) is 6.42 Å². The van der Waals surface area contributed by atoms with Crippen molar-refractivity contribution < 1.29 is 14.3 Å². The molecule has 0 aromatic heterocycles. The molecule has 3 rings (SSSR count). The molecule has 1 amide bonds. The van der Waals surface area contributed by atoms with Crippen LogP contribution in [0.25, 0.3) is 0 Å². The Bertz CT molecular complexity index is 557. The summed E-state index contributed by atoms with van der Waals surface area (Å²) in [6.45, 7) is 5.22. The van der Waals surface area contributed by atoms with E-state index in [0.29, 0.717) is 0 Å². The first kappa shape index (κ1) is 18.0. The fraction of sp³-hybridized carbons (Fsp3) is 0.632. The number of ether oxygens (including phenoxy) is 2. The molecule has 0 unspecified atom stereocenters. The van der Waals surface area contributed by atoms with Gasteiger partial charge in [-0.2, -0.15) is 0 Å². The van der Waals surface area contributed by atoms with E-state index in [1.807, 2.05) is 23.1 Å². The number of nitrogens with one attached hydrogen (secondary N) is 1. The van der Waals surface area contributed by atoms with Crippen molar-refractivity contribution in [2.24, 2.45) is 0 Å². The SMILES string of the molecule is COc1cc(CN2CCN(C(=O)[C@H]3CCCCN3)CC2)cc(OC)c1. The van der Waals surface area contributed by atoms with Gasteiger partial charge in [0.25, 0.3) is 0 Å². The maximum atomic E-state index is 12.6. The minimum absolute atomic E-state index is 0.0305. The first-order valence-electron chi connectivity index (χ1n) is 9.16. The largest absolute Gasteiger partial charge is 0.497 e. The number of piperidine rings is 1. The van der Waals surface area contributed by atoms with Gasteiger partial charge in [-0.25, -0.2) is 0 Å². The zero-order valence-corrected chi connectivity index (χ0v) is 15.3. The van der Waals surface area contributed by atoms with Crippen molar-refractivity contribution >= 4 is 5.91 Å². The van der Waals surface area contributed by atoms with Crippen LogP contribution < -0.4 is 14.8 Å². The number of rotatable bonds is 5. The lowest BCUT2D eigenvalue weighted by atomic mass is 10.0. The van der Waals surface area contributed by atoms with Crippen LogP contribution in [-0.2, 0) is 11.3 Å². The van der Waals surface area contributed by atoms with Crippen LogP contribution in [0.1, 0.15) is 24.8 Å². The zero-order chi connectivity index (χ0) is 17.6. The van der Waals surface area contributed by atoms with Gasteiger partial charge in [-0.3, -0.25) is 9.69 Å². The molecule has 6 heteroatoms. The number of hydrogen-bond acceptors (Lipinski definition) is 5. The summed E-state index contributed by atoms with van der Waals surface area (Å²) in [6, 6.07) is 6.01. The van der Waals surface area contributed by atoms with Crippen LogP contribution in [0.3, 0.4) is 0 Å². The average molecular weight is 347 g/mol. The van der Waals surface area contributed by atoms with Crippen molar-refractivity contribution in [1.82, 2.24) is 15.1 Å². The highest BCUT2D eigenvalue weighted by molar-refractivity contribution is 5.82. The number of nitrogens with zero attached hydrogens (tertiary/aromatic N) is 2. The van der Waals surface area contributed by atoms with E-state index in [-0.39, 0.29) is 11.9 Å². The first-order chi connectivity index (χ1) is 12.2. The third kappa shape index (κ3) is 4.64. The van der Waals surface area contributed by atoms with E-state index in [1.165, 1.54) is 12.0 Å². The minimum atomic E-state index is 0.0305. The molecule has 2 saturated heterocycles. The van der Waals surface area contributed by atoms with Crippen molar-refractivity contribution in [2.45, 2.75) is 31.8 Å². The molecule has 2 aliphatic rings. The molecule has 2 heterocycles. The van der Waals surface area contributed by atoms with Gasteiger partial charge in [-0.05, 0) is 37.1 Å². The Morgan fingerprint density at radius 3 is 2.32 bits per heavy atom. The minimum Gasteiger partial charge on any atom is -0.497 e. The van der Waals surface area contributed by atoms with Gasteiger partial charge in [0.1, 0.15) is 11.5 Å². The lowest BCUT2D eigenvalue weighted by Gasteiger charge is -2.37. The fourth-order valence-electron chi connectivity index (χ4n) is 3.63. The molecule has 0 bridgehead atoms. The number of benzene rings is 1. The monoisotopic (exact) mass is 347 g/mol. The number of amides is 1. The summed E-state index contributed by atoms with van der Waals surface area (Å²) in [4.78, 5) is 17.0. The van der Waals surface area contributed by atoms with E-state index in [1.54, 1.807) is 14.2 Å². The van der Waals surface area contributed by atoms with Crippen molar-refractivity contribution in [1.29, 1.82) is 0 Å². The quantitative estimate of drug-likeness (QED) is 0.875. The molecule has 0 aliphatic carbocycles. The van der Waals surface area contributed by atoms with Gasteiger partial charge < -0.3 is 19.7 Å². The Balaban J connectivity index is 1.53. The third-order valence-corrected chi connectivity index (χ3v) is 5.11. The fourth-order valence-corrected chi connectivity index (χ4v) is 3.63. The first-order valence-corrected chi connectivity index (χ1v) is 9.16. The van der Waals surface area contributed by atoms with Gasteiger partial charge >= 0.3 is 0 Å². The number of piperazine rings is 1. The normalized spacial score (nSPS) is 21.8. The van der Waals surface area contributed by atoms with Gasteiger partial charge in [0.15, 0.2) is 0 Å². The predicted molar refractivity (Wildman–Crippen MR) is 97.0 cm³/mol. The Labute approximate surface area is 150 Å². The van der Waals surface area contributed by atoms with Gasteiger partial charge in [0, 0.05) is 38.8 Å². The smallest absolute Gasteiger partial charge is 0.239 e. The highest BCUT2D eigenvalue weighted by Crippen LogP contribution is 2.24. The van der Waals surface area contributed by atoms with Crippen molar-refractivity contribution in [3.63, 3.8) is 0 Å². The number of methoxy groups -OCH3 is 2. The van der Waals surface area contributed by atoms with E-state index in [0.717, 1.165) is 63.6 Å². The van der Waals surface area contributed by atoms with Gasteiger partial charge in [0.05, 0.1) is 20.3 Å². The van der Waals surface area contributed by atoms with Crippen molar-refractivity contribution in [2.75, 3.05) is 46.9 Å². The summed E-state index contributed by atoms with van der Waals surface area (Å²) in [6.07, 6.45) is 3.31. The Hall–Kier alpha value is -1.79. The topological polar surface area (TPSA) is 54.0 Å². The van der Waals surface area contributed by atoms with E-state index >= 15 is 0 Å². The number of carbonyl (C=O) groups is 1. The van der Waals surface area contributed by atoms with Crippen LogP contribution in [0.15, 0.2) is 18.2 Å². The summed E-state index contributed by atoms with van der Waals surface area (Å²) < 4.78 is 10.7. The van der Waals surface area contributed by atoms with Crippen molar-refractivity contribution in [3.05, 3.63) is 23.8 Å². The van der Waals surface area contributed by atoms with Crippen LogP contribution in [0.5, 0.6) is 11.5 Å². The summed E-state index contributed by atoms with van der Waals surface area (Å²) >= 11 is 0. The van der Waals surface area contributed by atoms with Crippen LogP contribution in [0.4, 0.5) is 0 Å². The second kappa shape index (κ2) is 8.54. The summed E-state index contributed by atoms with van der Waals surface area (Å²) in [5.41, 5.74) is 1.17. The highest BCUT2D eigenvalue weighted by atomic mass is 16.5. The molecule has 1 aromatic rings. The van der Waals surface area contributed by atoms with Crippen LogP contribution in [-0.4, -0.2) is 68.7 Å². The number of carbonyl (C=O) groups excluding carboxylic acids is 1. The number of hydrogen-bond donors (Lipinski definition) is 1. The van der Waals surface area contributed by atoms with Gasteiger partial charge in [0.2, 0.25) is 5.91 Å². The second-order valence-electron chi connectivity index (χ2n) is 6.82. The molecule has 6 nitrogen and oxygen atoms in total. The Kier molecular flexibility index (Phi) is 6.15. The molecule has 0 radical (unpaired) electrons.